The summed E-state index contributed by atoms with van der Waals surface area (Å²) in [7, 11) is 0. The Balaban J connectivity index is 5.53. The summed E-state index contributed by atoms with van der Waals surface area (Å²) in [5.41, 5.74) is 16.1. The summed E-state index contributed by atoms with van der Waals surface area (Å²) >= 11 is 0. The number of primary amides is 1. The second-order valence-electron chi connectivity index (χ2n) is 7.68. The van der Waals surface area contributed by atoms with Gasteiger partial charge < -0.3 is 48.5 Å². The number of aliphatic carboxylic acids is 2. The van der Waals surface area contributed by atoms with E-state index in [-0.39, 0.29) is 6.42 Å². The molecule has 0 aliphatic carbocycles. The van der Waals surface area contributed by atoms with E-state index in [0.717, 1.165) is 0 Å². The molecule has 0 saturated carbocycles. The predicted molar refractivity (Wildman–Crippen MR) is 117 cm³/mol. The highest BCUT2D eigenvalue weighted by atomic mass is 16.4. The Kier molecular flexibility index (Phi) is 14.0. The highest BCUT2D eigenvalue weighted by molar-refractivity contribution is 5.96. The molecule has 0 aromatic carbocycles. The fourth-order valence-corrected chi connectivity index (χ4v) is 2.73. The van der Waals surface area contributed by atoms with Gasteiger partial charge in [0.05, 0.1) is 12.5 Å². The van der Waals surface area contributed by atoms with Gasteiger partial charge in [0.1, 0.15) is 24.2 Å². The number of carbonyl (C=O) groups excluding carboxylic acids is 4. The van der Waals surface area contributed by atoms with E-state index in [1.54, 1.807) is 0 Å². The fourth-order valence-electron chi connectivity index (χ4n) is 2.73. The quantitative estimate of drug-likeness (QED) is 0.0888. The van der Waals surface area contributed by atoms with E-state index in [9.17, 15) is 39.0 Å². The van der Waals surface area contributed by atoms with Crippen molar-refractivity contribution in [2.45, 2.75) is 75.7 Å². The molecule has 0 spiro atoms. The van der Waals surface area contributed by atoms with Gasteiger partial charge in [0.15, 0.2) is 0 Å². The van der Waals surface area contributed by atoms with Crippen molar-refractivity contribution in [2.24, 2.45) is 17.2 Å². The number of aliphatic hydroxyl groups is 1. The first-order valence-electron chi connectivity index (χ1n) is 10.6. The van der Waals surface area contributed by atoms with Crippen LogP contribution >= 0.6 is 0 Å². The number of hydrogen-bond donors (Lipinski definition) is 9. The molecule has 0 heterocycles. The van der Waals surface area contributed by atoms with Crippen LogP contribution < -0.4 is 33.2 Å². The summed E-state index contributed by atoms with van der Waals surface area (Å²) in [5, 5.41) is 34.1. The molecule has 5 unspecified atom stereocenters. The van der Waals surface area contributed by atoms with Crippen LogP contribution in [0.15, 0.2) is 0 Å². The van der Waals surface area contributed by atoms with E-state index in [1.807, 2.05) is 0 Å². The van der Waals surface area contributed by atoms with Crippen molar-refractivity contribution in [1.29, 1.82) is 0 Å². The van der Waals surface area contributed by atoms with Gasteiger partial charge in [0.2, 0.25) is 23.6 Å². The van der Waals surface area contributed by atoms with E-state index >= 15 is 0 Å². The molecule has 34 heavy (non-hydrogen) atoms. The number of unbranched alkanes of at least 4 members (excludes halogenated alkanes) is 1. The smallest absolute Gasteiger partial charge is 0.326 e. The molecule has 0 rings (SSSR count). The summed E-state index contributed by atoms with van der Waals surface area (Å²) in [6.45, 7) is 1.60. The number of aliphatic hydroxyl groups excluding tert-OH is 1. The van der Waals surface area contributed by atoms with Gasteiger partial charge >= 0.3 is 11.9 Å². The van der Waals surface area contributed by atoms with Crippen LogP contribution in [0.4, 0.5) is 0 Å². The monoisotopic (exact) mass is 490 g/mol. The van der Waals surface area contributed by atoms with Crippen molar-refractivity contribution in [3.8, 4) is 0 Å². The third kappa shape index (κ3) is 12.1. The molecule has 15 heteroatoms. The minimum Gasteiger partial charge on any atom is -0.481 e. The normalized spacial score (nSPS) is 15.2. The molecule has 0 bridgehead atoms. The number of carboxylic acids is 2. The first-order valence-corrected chi connectivity index (χ1v) is 10.6. The zero-order valence-electron chi connectivity index (χ0n) is 18.9. The van der Waals surface area contributed by atoms with E-state index < -0.39 is 85.1 Å². The maximum absolute atomic E-state index is 12.8. The maximum Gasteiger partial charge on any atom is 0.326 e. The summed E-state index contributed by atoms with van der Waals surface area (Å²) in [6, 6.07) is -5.75. The minimum absolute atomic E-state index is 0.0859. The lowest BCUT2D eigenvalue weighted by atomic mass is 10.1. The van der Waals surface area contributed by atoms with E-state index in [2.05, 4.69) is 16.0 Å². The first kappa shape index (κ1) is 30.7. The maximum atomic E-state index is 12.8. The van der Waals surface area contributed by atoms with Crippen LogP contribution in [0.25, 0.3) is 0 Å². The Morgan fingerprint density at radius 3 is 1.82 bits per heavy atom. The Morgan fingerprint density at radius 1 is 0.824 bits per heavy atom. The van der Waals surface area contributed by atoms with E-state index in [4.69, 9.17) is 22.3 Å². The lowest BCUT2D eigenvalue weighted by Crippen LogP contribution is -2.58. The largest absolute Gasteiger partial charge is 0.481 e. The van der Waals surface area contributed by atoms with Crippen LogP contribution in [0.3, 0.4) is 0 Å². The van der Waals surface area contributed by atoms with Crippen molar-refractivity contribution in [2.75, 3.05) is 6.54 Å². The van der Waals surface area contributed by atoms with Gasteiger partial charge in [-0.2, -0.15) is 0 Å². The topological polar surface area (TPSA) is 277 Å². The second-order valence-corrected chi connectivity index (χ2v) is 7.68. The van der Waals surface area contributed by atoms with E-state index in [1.165, 1.54) is 6.92 Å². The summed E-state index contributed by atoms with van der Waals surface area (Å²) in [5.74, 6) is -6.59. The van der Waals surface area contributed by atoms with Crippen LogP contribution in [0, 0.1) is 0 Å². The Morgan fingerprint density at radius 2 is 1.35 bits per heavy atom. The minimum atomic E-state index is -1.60. The summed E-state index contributed by atoms with van der Waals surface area (Å²) in [6.07, 6.45) is -1.90. The van der Waals surface area contributed by atoms with Crippen molar-refractivity contribution < 1.29 is 44.1 Å². The molecule has 0 fully saturated rings. The third-order valence-electron chi connectivity index (χ3n) is 4.70. The number of carboxylic acid groups (broad SMARTS) is 2. The van der Waals surface area contributed by atoms with Crippen molar-refractivity contribution in [1.82, 2.24) is 16.0 Å². The summed E-state index contributed by atoms with van der Waals surface area (Å²) < 4.78 is 0. The molecule has 4 amide bonds. The average molecular weight is 491 g/mol. The molecule has 12 N–H and O–H groups in total. The first-order chi connectivity index (χ1) is 15.8. The van der Waals surface area contributed by atoms with Crippen LogP contribution in [0.1, 0.15) is 45.4 Å². The average Bonchev–Trinajstić information content (AvgIpc) is 2.73. The number of amides is 4. The zero-order valence-corrected chi connectivity index (χ0v) is 18.9. The molecule has 15 nitrogen and oxygen atoms in total. The molecule has 194 valence electrons. The zero-order chi connectivity index (χ0) is 26.4. The number of rotatable bonds is 17. The molecular weight excluding hydrogens is 456 g/mol. The van der Waals surface area contributed by atoms with Crippen LogP contribution in [0.2, 0.25) is 0 Å². The number of hydrogen-bond acceptors (Lipinski definition) is 9. The molecule has 0 aromatic heterocycles. The Hall–Kier alpha value is -3.30. The van der Waals surface area contributed by atoms with Crippen LogP contribution in [-0.4, -0.2) is 87.7 Å². The predicted octanol–water partition coefficient (Wildman–Crippen LogP) is -3.90. The molecule has 0 saturated heterocycles. The van der Waals surface area contributed by atoms with Gasteiger partial charge in [0, 0.05) is 6.42 Å². The van der Waals surface area contributed by atoms with Gasteiger partial charge in [-0.05, 0) is 39.2 Å². The van der Waals surface area contributed by atoms with Gasteiger partial charge in [-0.15, -0.1) is 0 Å². The SMILES string of the molecule is CC(O)C(N)C(=O)NC(CCCCN)C(=O)NC(CC(N)=O)C(=O)NC(CCC(=O)O)C(=O)O. The van der Waals surface area contributed by atoms with Crippen molar-refractivity contribution in [3.63, 3.8) is 0 Å². The lowest BCUT2D eigenvalue weighted by molar-refractivity contribution is -0.143. The molecule has 0 aliphatic rings. The van der Waals surface area contributed by atoms with Gasteiger partial charge in [0.25, 0.3) is 0 Å². The third-order valence-corrected chi connectivity index (χ3v) is 4.70. The van der Waals surface area contributed by atoms with Crippen LogP contribution in [-0.2, 0) is 28.8 Å². The molecule has 0 aromatic rings. The molecular formula is C19H34N6O9. The van der Waals surface area contributed by atoms with Gasteiger partial charge in [-0.25, -0.2) is 4.79 Å². The van der Waals surface area contributed by atoms with Crippen LogP contribution in [0.5, 0.6) is 0 Å². The summed E-state index contributed by atoms with van der Waals surface area (Å²) in [4.78, 5) is 71.1. The molecule has 0 radical (unpaired) electrons. The highest BCUT2D eigenvalue weighted by Crippen LogP contribution is 2.05. The Bertz CT molecular complexity index is 746. The number of nitrogens with one attached hydrogen (secondary N) is 3. The van der Waals surface area contributed by atoms with Gasteiger partial charge in [-0.1, -0.05) is 0 Å². The standard InChI is InChI=1S/C19H34N6O9/c1-9(26)15(22)18(32)23-10(4-2-3-7-20)16(30)25-12(8-13(21)27)17(31)24-11(19(33)34)5-6-14(28)29/h9-12,15,26H,2-8,20,22H2,1H3,(H2,21,27)(H,23,32)(H,24,31)(H,25,30)(H,28,29)(H,33,34). The van der Waals surface area contributed by atoms with Crippen molar-refractivity contribution in [3.05, 3.63) is 0 Å². The van der Waals surface area contributed by atoms with Crippen molar-refractivity contribution >= 4 is 35.6 Å². The number of nitrogens with two attached hydrogens (primary N) is 3. The Labute approximate surface area is 195 Å². The second kappa shape index (κ2) is 15.5. The molecule has 0 aliphatic heterocycles. The van der Waals surface area contributed by atoms with E-state index in [0.29, 0.717) is 19.4 Å². The number of carbonyl (C=O) groups is 6. The van der Waals surface area contributed by atoms with Gasteiger partial charge in [-0.3, -0.25) is 24.0 Å². The highest BCUT2D eigenvalue weighted by Gasteiger charge is 2.31. The fraction of sp³-hybridized carbons (Fsp3) is 0.684. The molecule has 5 atom stereocenters. The lowest BCUT2D eigenvalue weighted by Gasteiger charge is -2.25.